The summed E-state index contributed by atoms with van der Waals surface area (Å²) >= 11 is 0.984. The van der Waals surface area contributed by atoms with E-state index in [2.05, 4.69) is 30.8 Å². The van der Waals surface area contributed by atoms with Crippen molar-refractivity contribution in [2.45, 2.75) is 25.0 Å². The summed E-state index contributed by atoms with van der Waals surface area (Å²) in [5.74, 6) is 0.457. The van der Waals surface area contributed by atoms with Crippen molar-refractivity contribution in [3.05, 3.63) is 35.8 Å². The van der Waals surface area contributed by atoms with Crippen LogP contribution in [0.25, 0.3) is 21.8 Å². The number of ether oxygens (including phenoxy) is 1. The lowest BCUT2D eigenvalue weighted by Gasteiger charge is -2.35. The van der Waals surface area contributed by atoms with Crippen LogP contribution in [-0.2, 0) is 21.9 Å². The maximum atomic E-state index is 13.4. The molecule has 1 aliphatic heterocycles. The molecule has 0 bridgehead atoms. The number of sulfonamides is 1. The molecule has 1 N–H and O–H groups in total. The van der Waals surface area contributed by atoms with Gasteiger partial charge in [0.15, 0.2) is 9.34 Å². The number of methoxy groups -OCH3 is 1. The first kappa shape index (κ1) is 24.5. The number of nitrogens with one attached hydrogen (secondary N) is 1. The van der Waals surface area contributed by atoms with Gasteiger partial charge in [0.1, 0.15) is 5.75 Å². The number of aryl methyl sites for hydroxylation is 3. The molecule has 1 aliphatic rings. The molecule has 36 heavy (non-hydrogen) atoms. The summed E-state index contributed by atoms with van der Waals surface area (Å²) in [6, 6.07) is 6.20. The summed E-state index contributed by atoms with van der Waals surface area (Å²) in [6.45, 7) is 6.71. The number of carbonyl (C=O) groups excluding carboxylic acids is 1. The molecular formula is C24H28N6O4S2. The van der Waals surface area contributed by atoms with Crippen molar-refractivity contribution in [3.8, 4) is 5.75 Å². The first-order valence-electron chi connectivity index (χ1n) is 11.5. The van der Waals surface area contributed by atoms with Gasteiger partial charge in [-0.05, 0) is 26.0 Å². The number of benzene rings is 1. The fourth-order valence-corrected chi connectivity index (χ4v) is 7.91. The van der Waals surface area contributed by atoms with Gasteiger partial charge in [0.2, 0.25) is 5.91 Å². The molecule has 5 rings (SSSR count). The molecular weight excluding hydrogens is 500 g/mol. The van der Waals surface area contributed by atoms with Crippen molar-refractivity contribution in [3.63, 3.8) is 0 Å². The number of thiazole rings is 1. The van der Waals surface area contributed by atoms with Crippen LogP contribution in [0.15, 0.2) is 28.6 Å². The fourth-order valence-electron chi connectivity index (χ4n) is 4.89. The zero-order chi connectivity index (χ0) is 25.8. The number of piperazine rings is 1. The zero-order valence-corrected chi connectivity index (χ0v) is 22.5. The van der Waals surface area contributed by atoms with Crippen LogP contribution in [0, 0.1) is 13.8 Å². The Hall–Kier alpha value is -3.22. The second kappa shape index (κ2) is 9.02. The minimum Gasteiger partial charge on any atom is -0.495 e. The van der Waals surface area contributed by atoms with E-state index in [0.29, 0.717) is 31.9 Å². The van der Waals surface area contributed by atoms with Gasteiger partial charge in [0.25, 0.3) is 10.0 Å². The fraction of sp³-hybridized carbons (Fsp3) is 0.375. The number of aromatic nitrogens is 3. The Balaban J connectivity index is 1.44. The second-order valence-corrected chi connectivity index (χ2v) is 12.0. The number of pyridine rings is 1. The molecule has 0 unspecified atom stereocenters. The lowest BCUT2D eigenvalue weighted by atomic mass is 10.1. The van der Waals surface area contributed by atoms with Crippen molar-refractivity contribution in [2.75, 3.05) is 43.5 Å². The maximum Gasteiger partial charge on any atom is 0.254 e. The van der Waals surface area contributed by atoms with E-state index < -0.39 is 10.0 Å². The first-order valence-corrected chi connectivity index (χ1v) is 13.8. The summed E-state index contributed by atoms with van der Waals surface area (Å²) in [4.78, 5) is 22.2. The smallest absolute Gasteiger partial charge is 0.254 e. The number of hydrogen-bond acceptors (Lipinski definition) is 8. The average Bonchev–Trinajstić information content (AvgIpc) is 3.35. The third kappa shape index (κ3) is 3.98. The molecule has 0 saturated carbocycles. The van der Waals surface area contributed by atoms with E-state index >= 15 is 0 Å². The van der Waals surface area contributed by atoms with Crippen LogP contribution in [0.5, 0.6) is 5.75 Å². The Morgan fingerprint density at radius 3 is 2.50 bits per heavy atom. The molecule has 190 valence electrons. The van der Waals surface area contributed by atoms with E-state index in [0.717, 1.165) is 50.3 Å². The number of hydrogen-bond donors (Lipinski definition) is 1. The van der Waals surface area contributed by atoms with Gasteiger partial charge >= 0.3 is 0 Å². The molecule has 10 nitrogen and oxygen atoms in total. The number of amides is 1. The van der Waals surface area contributed by atoms with Gasteiger partial charge in [-0.1, -0.05) is 11.3 Å². The van der Waals surface area contributed by atoms with E-state index in [4.69, 9.17) is 4.74 Å². The van der Waals surface area contributed by atoms with E-state index in [1.807, 2.05) is 32.3 Å². The highest BCUT2D eigenvalue weighted by atomic mass is 32.2. The van der Waals surface area contributed by atoms with Crippen LogP contribution in [0.4, 0.5) is 10.8 Å². The molecule has 3 aromatic heterocycles. The molecule has 0 spiro atoms. The van der Waals surface area contributed by atoms with Crippen molar-refractivity contribution in [2.24, 2.45) is 7.05 Å². The summed E-state index contributed by atoms with van der Waals surface area (Å²) < 4.78 is 36.3. The number of rotatable bonds is 5. The summed E-state index contributed by atoms with van der Waals surface area (Å²) in [6.07, 6.45) is 1.82. The molecule has 1 fully saturated rings. The quantitative estimate of drug-likeness (QED) is 0.423. The molecule has 1 saturated heterocycles. The molecule has 1 aromatic carbocycles. The van der Waals surface area contributed by atoms with Gasteiger partial charge in [0.05, 0.1) is 35.2 Å². The van der Waals surface area contributed by atoms with Crippen molar-refractivity contribution < 1.29 is 17.9 Å². The van der Waals surface area contributed by atoms with Crippen molar-refractivity contribution in [1.29, 1.82) is 0 Å². The standard InChI is InChI=1S/C24H28N6O4S2/c1-14-22-17(6-7-25-14)18-12-20(21(34-5)13-19(18)28(22)4)29-8-10-30(11-9-29)36(32,33)23-15(2)26-24(35-23)27-16(3)31/h6-7,12-13H,8-11H2,1-5H3,(H,26,27,31). The van der Waals surface area contributed by atoms with E-state index in [1.165, 1.54) is 11.2 Å². The van der Waals surface area contributed by atoms with Gasteiger partial charge in [0, 0.05) is 63.2 Å². The topological polar surface area (TPSA) is 110 Å². The van der Waals surface area contributed by atoms with Crippen molar-refractivity contribution >= 4 is 59.9 Å². The number of nitrogens with zero attached hydrogens (tertiary/aromatic N) is 5. The van der Waals surface area contributed by atoms with Gasteiger partial charge in [-0.2, -0.15) is 4.31 Å². The van der Waals surface area contributed by atoms with Crippen LogP contribution in [0.1, 0.15) is 18.3 Å². The third-order valence-electron chi connectivity index (χ3n) is 6.58. The number of carbonyl (C=O) groups is 1. The van der Waals surface area contributed by atoms with Gasteiger partial charge < -0.3 is 19.5 Å². The zero-order valence-electron chi connectivity index (χ0n) is 20.8. The predicted molar refractivity (Wildman–Crippen MR) is 142 cm³/mol. The molecule has 0 atom stereocenters. The van der Waals surface area contributed by atoms with E-state index in [9.17, 15) is 13.2 Å². The first-order chi connectivity index (χ1) is 17.1. The summed E-state index contributed by atoms with van der Waals surface area (Å²) in [5.41, 5.74) is 4.43. The minimum atomic E-state index is -3.72. The highest BCUT2D eigenvalue weighted by molar-refractivity contribution is 7.91. The van der Waals surface area contributed by atoms with Crippen LogP contribution < -0.4 is 15.0 Å². The van der Waals surface area contributed by atoms with Gasteiger partial charge in [-0.25, -0.2) is 13.4 Å². The molecule has 1 amide bonds. The Bertz CT molecular complexity index is 1600. The van der Waals surface area contributed by atoms with Gasteiger partial charge in [-0.15, -0.1) is 0 Å². The monoisotopic (exact) mass is 528 g/mol. The highest BCUT2D eigenvalue weighted by Gasteiger charge is 2.33. The molecule has 0 aliphatic carbocycles. The summed E-state index contributed by atoms with van der Waals surface area (Å²) in [5, 5.41) is 5.09. The lowest BCUT2D eigenvalue weighted by Crippen LogP contribution is -2.48. The Morgan fingerprint density at radius 1 is 1.11 bits per heavy atom. The lowest BCUT2D eigenvalue weighted by molar-refractivity contribution is -0.114. The number of anilines is 2. The van der Waals surface area contributed by atoms with Gasteiger partial charge in [-0.3, -0.25) is 9.78 Å². The van der Waals surface area contributed by atoms with Crippen molar-refractivity contribution in [1.82, 2.24) is 18.8 Å². The molecule has 4 aromatic rings. The van der Waals surface area contributed by atoms with Crippen LogP contribution in [0.3, 0.4) is 0 Å². The SMILES string of the molecule is COc1cc2c(cc1N1CCN(S(=O)(=O)c3sc(NC(C)=O)nc3C)CC1)c1ccnc(C)c1n2C. The Labute approximate surface area is 213 Å². The van der Waals surface area contributed by atoms with Crippen LogP contribution >= 0.6 is 11.3 Å². The predicted octanol–water partition coefficient (Wildman–Crippen LogP) is 3.28. The largest absolute Gasteiger partial charge is 0.495 e. The average molecular weight is 529 g/mol. The molecule has 12 heteroatoms. The minimum absolute atomic E-state index is 0.165. The third-order valence-corrected chi connectivity index (χ3v) is 10.1. The Morgan fingerprint density at radius 2 is 1.83 bits per heavy atom. The van der Waals surface area contributed by atoms with E-state index in [-0.39, 0.29) is 15.2 Å². The maximum absolute atomic E-state index is 13.4. The second-order valence-electron chi connectivity index (χ2n) is 8.86. The normalized spacial score (nSPS) is 15.1. The summed E-state index contributed by atoms with van der Waals surface area (Å²) in [7, 11) is -0.0426. The van der Waals surface area contributed by atoms with E-state index in [1.54, 1.807) is 14.0 Å². The molecule has 0 radical (unpaired) electrons. The Kier molecular flexibility index (Phi) is 6.13. The van der Waals surface area contributed by atoms with Crippen LogP contribution in [0.2, 0.25) is 0 Å². The highest BCUT2D eigenvalue weighted by Crippen LogP contribution is 2.39. The van der Waals surface area contributed by atoms with Crippen LogP contribution in [-0.4, -0.2) is 66.5 Å². The molecule has 4 heterocycles. The number of fused-ring (bicyclic) bond motifs is 3.